The zero-order valence-electron chi connectivity index (χ0n) is 9.00. The molecule has 0 spiro atoms. The van der Waals surface area contributed by atoms with E-state index in [4.69, 9.17) is 0 Å². The predicted molar refractivity (Wildman–Crippen MR) is 72.4 cm³/mol. The van der Waals surface area contributed by atoms with E-state index in [2.05, 4.69) is 43.0 Å². The average Bonchev–Trinajstić information content (AvgIpc) is 2.95. The Bertz CT molecular complexity index is 670. The van der Waals surface area contributed by atoms with E-state index >= 15 is 0 Å². The average molecular weight is 340 g/mol. The molecule has 0 saturated carbocycles. The molecule has 17 heavy (non-hydrogen) atoms. The zero-order chi connectivity index (χ0) is 11.8. The third kappa shape index (κ3) is 1.75. The smallest absolute Gasteiger partial charge is 0.199 e. The van der Waals surface area contributed by atoms with Gasteiger partial charge in [-0.25, -0.2) is 14.6 Å². The van der Waals surface area contributed by atoms with Crippen LogP contribution in [0.2, 0.25) is 0 Å². The van der Waals surface area contributed by atoms with Crippen molar-refractivity contribution in [1.82, 2.24) is 24.1 Å². The van der Waals surface area contributed by atoms with E-state index in [1.54, 1.807) is 17.1 Å². The molecule has 1 N–H and O–H groups in total. The summed E-state index contributed by atoms with van der Waals surface area (Å²) in [6.07, 6.45) is 9.22. The fourth-order valence-electron chi connectivity index (χ4n) is 1.61. The summed E-state index contributed by atoms with van der Waals surface area (Å²) in [5.74, 6) is 1.49. The molecule has 6 nitrogen and oxygen atoms in total. The van der Waals surface area contributed by atoms with Crippen molar-refractivity contribution in [2.24, 2.45) is 0 Å². The van der Waals surface area contributed by atoms with Crippen molar-refractivity contribution in [1.29, 1.82) is 0 Å². The van der Waals surface area contributed by atoms with E-state index in [-0.39, 0.29) is 0 Å². The van der Waals surface area contributed by atoms with Crippen LogP contribution in [0.3, 0.4) is 0 Å². The number of hydrogen-bond donors (Lipinski definition) is 1. The highest BCUT2D eigenvalue weighted by molar-refractivity contribution is 14.1. The number of fused-ring (bicyclic) bond motifs is 1. The van der Waals surface area contributed by atoms with Gasteiger partial charge in [0.05, 0.1) is 16.0 Å². The maximum atomic E-state index is 4.48. The van der Waals surface area contributed by atoms with Crippen LogP contribution in [-0.4, -0.2) is 31.2 Å². The summed E-state index contributed by atoms with van der Waals surface area (Å²) in [7, 11) is 1.84. The van der Waals surface area contributed by atoms with E-state index in [1.165, 1.54) is 0 Å². The molecule has 0 bridgehead atoms. The summed E-state index contributed by atoms with van der Waals surface area (Å²) >= 11 is 2.21. The Morgan fingerprint density at radius 2 is 2.24 bits per heavy atom. The number of hydrogen-bond acceptors (Lipinski definition) is 4. The van der Waals surface area contributed by atoms with Gasteiger partial charge in [0.1, 0.15) is 5.82 Å². The van der Waals surface area contributed by atoms with E-state index in [1.807, 2.05) is 30.0 Å². The normalized spacial score (nSPS) is 10.9. The van der Waals surface area contributed by atoms with Crippen LogP contribution >= 0.6 is 22.6 Å². The van der Waals surface area contributed by atoms with Crippen molar-refractivity contribution in [3.05, 3.63) is 34.6 Å². The molecular formula is C10H9IN6. The highest BCUT2D eigenvalue weighted by atomic mass is 127. The SMILES string of the molecule is CNc1cn2ccnc2c(-n2cc(I)cn2)n1. The van der Waals surface area contributed by atoms with Crippen LogP contribution in [-0.2, 0) is 0 Å². The first-order valence-corrected chi connectivity index (χ1v) is 6.08. The van der Waals surface area contributed by atoms with Crippen LogP contribution < -0.4 is 5.32 Å². The second kappa shape index (κ2) is 3.99. The Kier molecular flexibility index (Phi) is 2.46. The Hall–Kier alpha value is -1.64. The van der Waals surface area contributed by atoms with Crippen LogP contribution in [0.4, 0.5) is 5.82 Å². The third-order valence-corrected chi connectivity index (χ3v) is 2.94. The minimum absolute atomic E-state index is 0.713. The molecule has 3 aromatic rings. The fraction of sp³-hybridized carbons (Fsp3) is 0.100. The van der Waals surface area contributed by atoms with Gasteiger partial charge in [0.25, 0.3) is 0 Å². The van der Waals surface area contributed by atoms with E-state index < -0.39 is 0 Å². The molecule has 0 atom stereocenters. The first-order chi connectivity index (χ1) is 8.28. The van der Waals surface area contributed by atoms with Gasteiger partial charge >= 0.3 is 0 Å². The molecule has 0 fully saturated rings. The van der Waals surface area contributed by atoms with Crippen molar-refractivity contribution in [2.45, 2.75) is 0 Å². The number of halogens is 1. The van der Waals surface area contributed by atoms with E-state index in [9.17, 15) is 0 Å². The lowest BCUT2D eigenvalue weighted by atomic mass is 10.5. The summed E-state index contributed by atoms with van der Waals surface area (Å²) in [5, 5.41) is 7.28. The van der Waals surface area contributed by atoms with Gasteiger partial charge in [0.2, 0.25) is 0 Å². The number of rotatable bonds is 2. The molecule has 0 aliphatic carbocycles. The quantitative estimate of drug-likeness (QED) is 0.720. The summed E-state index contributed by atoms with van der Waals surface area (Å²) in [6.45, 7) is 0. The standard InChI is InChI=1S/C10H9IN6/c1-12-8-6-16-3-2-13-9(16)10(15-8)17-5-7(11)4-14-17/h2-6,12H,1H3. The van der Waals surface area contributed by atoms with Crippen molar-refractivity contribution >= 4 is 34.1 Å². The van der Waals surface area contributed by atoms with Gasteiger partial charge in [-0.2, -0.15) is 5.10 Å². The molecule has 7 heteroatoms. The van der Waals surface area contributed by atoms with Gasteiger partial charge in [-0.05, 0) is 22.6 Å². The maximum Gasteiger partial charge on any atom is 0.199 e. The van der Waals surface area contributed by atoms with Crippen LogP contribution in [0.15, 0.2) is 31.0 Å². The lowest BCUT2D eigenvalue weighted by Crippen LogP contribution is -2.05. The fourth-order valence-corrected chi connectivity index (χ4v) is 1.99. The number of aromatic nitrogens is 5. The second-order valence-electron chi connectivity index (χ2n) is 3.46. The molecular weight excluding hydrogens is 331 g/mol. The third-order valence-electron chi connectivity index (χ3n) is 2.38. The molecule has 0 aromatic carbocycles. The number of nitrogens with zero attached hydrogens (tertiary/aromatic N) is 5. The Labute approximate surface area is 111 Å². The highest BCUT2D eigenvalue weighted by Gasteiger charge is 2.09. The van der Waals surface area contributed by atoms with Gasteiger partial charge in [-0.3, -0.25) is 0 Å². The summed E-state index contributed by atoms with van der Waals surface area (Å²) in [4.78, 5) is 8.77. The van der Waals surface area contributed by atoms with Gasteiger partial charge in [-0.15, -0.1) is 0 Å². The topological polar surface area (TPSA) is 60.0 Å². The number of imidazole rings is 1. The van der Waals surface area contributed by atoms with Crippen LogP contribution in [0.1, 0.15) is 0 Å². The highest BCUT2D eigenvalue weighted by Crippen LogP contribution is 2.15. The first-order valence-electron chi connectivity index (χ1n) is 5.00. The monoisotopic (exact) mass is 340 g/mol. The largest absolute Gasteiger partial charge is 0.372 e. The lowest BCUT2D eigenvalue weighted by Gasteiger charge is -2.06. The lowest BCUT2D eigenvalue weighted by molar-refractivity contribution is 0.842. The number of anilines is 1. The van der Waals surface area contributed by atoms with Gasteiger partial charge < -0.3 is 9.72 Å². The van der Waals surface area contributed by atoms with Crippen molar-refractivity contribution in [2.75, 3.05) is 12.4 Å². The molecule has 3 rings (SSSR count). The zero-order valence-corrected chi connectivity index (χ0v) is 11.2. The molecule has 0 aliphatic heterocycles. The Balaban J connectivity index is 2.29. The molecule has 86 valence electrons. The van der Waals surface area contributed by atoms with Gasteiger partial charge in [0, 0.05) is 25.6 Å². The Morgan fingerprint density at radius 3 is 2.94 bits per heavy atom. The summed E-state index contributed by atoms with van der Waals surface area (Å²) in [5.41, 5.74) is 0.781. The molecule has 0 aliphatic rings. The number of nitrogens with one attached hydrogen (secondary N) is 1. The minimum Gasteiger partial charge on any atom is -0.372 e. The summed E-state index contributed by atoms with van der Waals surface area (Å²) < 4.78 is 4.71. The molecule has 0 unspecified atom stereocenters. The molecule has 3 heterocycles. The maximum absolute atomic E-state index is 4.48. The summed E-state index contributed by atoms with van der Waals surface area (Å²) in [6, 6.07) is 0. The van der Waals surface area contributed by atoms with E-state index in [0.717, 1.165) is 15.0 Å². The molecule has 3 aromatic heterocycles. The van der Waals surface area contributed by atoms with E-state index in [0.29, 0.717) is 5.82 Å². The van der Waals surface area contributed by atoms with Crippen LogP contribution in [0, 0.1) is 3.57 Å². The molecule has 0 amide bonds. The van der Waals surface area contributed by atoms with Crippen molar-refractivity contribution in [3.63, 3.8) is 0 Å². The van der Waals surface area contributed by atoms with Crippen molar-refractivity contribution < 1.29 is 0 Å². The van der Waals surface area contributed by atoms with Gasteiger partial charge in [-0.1, -0.05) is 0 Å². The molecule has 0 radical (unpaired) electrons. The predicted octanol–water partition coefficient (Wildman–Crippen LogP) is 1.56. The van der Waals surface area contributed by atoms with Gasteiger partial charge in [0.15, 0.2) is 11.5 Å². The van der Waals surface area contributed by atoms with Crippen molar-refractivity contribution in [3.8, 4) is 5.82 Å². The minimum atomic E-state index is 0.713. The first kappa shape index (κ1) is 10.5. The van der Waals surface area contributed by atoms with Crippen LogP contribution in [0.5, 0.6) is 0 Å². The second-order valence-corrected chi connectivity index (χ2v) is 4.71. The van der Waals surface area contributed by atoms with Crippen LogP contribution in [0.25, 0.3) is 11.5 Å². The Morgan fingerprint density at radius 1 is 1.35 bits per heavy atom. The molecule has 0 saturated heterocycles.